The van der Waals surface area contributed by atoms with Gasteiger partial charge in [0.1, 0.15) is 12.4 Å². The van der Waals surface area contributed by atoms with Gasteiger partial charge in [-0.15, -0.1) is 0 Å². The van der Waals surface area contributed by atoms with Gasteiger partial charge in [0.25, 0.3) is 5.91 Å². The topological polar surface area (TPSA) is 76.9 Å². The quantitative estimate of drug-likeness (QED) is 0.661. The molecule has 0 spiro atoms. The molecule has 2 amide bonds. The number of benzene rings is 2. The maximum Gasteiger partial charge on any atom is 0.254 e. The van der Waals surface area contributed by atoms with E-state index in [1.807, 2.05) is 40.1 Å². The van der Waals surface area contributed by atoms with Gasteiger partial charge in [-0.3, -0.25) is 14.5 Å². The molecule has 2 aliphatic heterocycles. The Balaban J connectivity index is 1.29. The molecule has 2 fully saturated rings. The molecule has 0 aliphatic carbocycles. The fraction of sp³-hybridized carbons (Fsp3) is 0.444. The lowest BCUT2D eigenvalue weighted by Crippen LogP contribution is -2.53. The zero-order valence-electron chi connectivity index (χ0n) is 19.8. The molecule has 2 aromatic rings. The Labute approximate surface area is 201 Å². The molecule has 7 heteroatoms. The van der Waals surface area contributed by atoms with Crippen LogP contribution in [0.3, 0.4) is 0 Å². The molecule has 0 radical (unpaired) electrons. The monoisotopic (exact) mass is 460 g/mol. The van der Waals surface area contributed by atoms with E-state index in [-0.39, 0.29) is 18.4 Å². The normalized spacial score (nSPS) is 18.9. The van der Waals surface area contributed by atoms with Crippen molar-refractivity contribution in [2.75, 3.05) is 39.3 Å². The van der Waals surface area contributed by atoms with Crippen molar-refractivity contribution in [1.29, 1.82) is 5.26 Å². The van der Waals surface area contributed by atoms with Crippen LogP contribution in [0.15, 0.2) is 48.5 Å². The minimum absolute atomic E-state index is 0.0292. The summed E-state index contributed by atoms with van der Waals surface area (Å²) in [7, 11) is 0. The summed E-state index contributed by atoms with van der Waals surface area (Å²) < 4.78 is 5.87. The summed E-state index contributed by atoms with van der Waals surface area (Å²) in [5, 5.41) is 9.24. The molecule has 0 N–H and O–H groups in total. The average Bonchev–Trinajstić information content (AvgIpc) is 2.88. The van der Waals surface area contributed by atoms with Crippen molar-refractivity contribution in [1.82, 2.24) is 14.7 Å². The number of rotatable bonds is 6. The molecule has 0 aromatic heterocycles. The average molecular weight is 461 g/mol. The first-order valence-electron chi connectivity index (χ1n) is 12.1. The lowest BCUT2D eigenvalue weighted by molar-refractivity contribution is -0.136. The summed E-state index contributed by atoms with van der Waals surface area (Å²) in [6.45, 7) is 6.28. The predicted octanol–water partition coefficient (Wildman–Crippen LogP) is 3.30. The zero-order chi connectivity index (χ0) is 23.9. The van der Waals surface area contributed by atoms with Gasteiger partial charge in [0.2, 0.25) is 5.91 Å². The van der Waals surface area contributed by atoms with Crippen molar-refractivity contribution >= 4 is 11.8 Å². The molecular formula is C27H32N4O3. The Morgan fingerprint density at radius 3 is 2.59 bits per heavy atom. The molecule has 2 saturated heterocycles. The van der Waals surface area contributed by atoms with E-state index in [1.54, 1.807) is 18.2 Å². The van der Waals surface area contributed by atoms with Gasteiger partial charge in [0.05, 0.1) is 18.2 Å². The smallest absolute Gasteiger partial charge is 0.254 e. The number of nitrogens with zero attached hydrogens (tertiary/aromatic N) is 4. The number of amides is 2. The van der Waals surface area contributed by atoms with Crippen molar-refractivity contribution in [3.05, 3.63) is 65.2 Å². The molecule has 2 heterocycles. The van der Waals surface area contributed by atoms with Crippen molar-refractivity contribution in [2.24, 2.45) is 0 Å². The van der Waals surface area contributed by atoms with E-state index >= 15 is 0 Å². The van der Waals surface area contributed by atoms with Gasteiger partial charge in [0.15, 0.2) is 0 Å². The van der Waals surface area contributed by atoms with Crippen LogP contribution < -0.4 is 4.74 Å². The summed E-state index contributed by atoms with van der Waals surface area (Å²) in [5.74, 6) is 0.770. The molecular weight excluding hydrogens is 428 g/mol. The fourth-order valence-electron chi connectivity index (χ4n) is 4.68. The summed E-state index contributed by atoms with van der Waals surface area (Å²) in [6, 6.07) is 17.0. The second-order valence-corrected chi connectivity index (χ2v) is 9.09. The number of ether oxygens (including phenoxy) is 1. The molecule has 1 unspecified atom stereocenters. The van der Waals surface area contributed by atoms with Crippen LogP contribution >= 0.6 is 0 Å². The third-order valence-corrected chi connectivity index (χ3v) is 6.75. The van der Waals surface area contributed by atoms with E-state index < -0.39 is 0 Å². The number of hydrogen-bond donors (Lipinski definition) is 0. The number of likely N-dealkylation sites (tertiary alicyclic amines) is 1. The second kappa shape index (κ2) is 11.2. The van der Waals surface area contributed by atoms with Crippen molar-refractivity contribution in [3.8, 4) is 11.8 Å². The van der Waals surface area contributed by atoms with Gasteiger partial charge in [-0.05, 0) is 50.5 Å². The molecule has 1 atom stereocenters. The first-order valence-corrected chi connectivity index (χ1v) is 12.1. The third kappa shape index (κ3) is 5.75. The number of piperazine rings is 1. The Bertz CT molecular complexity index is 1060. The van der Waals surface area contributed by atoms with Crippen LogP contribution in [-0.2, 0) is 11.4 Å². The van der Waals surface area contributed by atoms with E-state index in [0.717, 1.165) is 24.9 Å². The summed E-state index contributed by atoms with van der Waals surface area (Å²) in [5.41, 5.74) is 1.98. The Morgan fingerprint density at radius 2 is 1.82 bits per heavy atom. The molecule has 34 heavy (non-hydrogen) atoms. The lowest BCUT2D eigenvalue weighted by atomic mass is 10.0. The molecule has 2 aliphatic rings. The van der Waals surface area contributed by atoms with E-state index in [4.69, 9.17) is 4.74 Å². The Hall–Kier alpha value is -3.37. The largest absolute Gasteiger partial charge is 0.489 e. The van der Waals surface area contributed by atoms with Gasteiger partial charge >= 0.3 is 0 Å². The molecule has 178 valence electrons. The SMILES string of the molecule is CC1CCCCN1C(=O)CN1CCN(C(=O)c2cccc(OCc3ccccc3C#N)c2)CC1. The van der Waals surface area contributed by atoms with Gasteiger partial charge in [-0.25, -0.2) is 0 Å². The molecule has 2 aromatic carbocycles. The van der Waals surface area contributed by atoms with Crippen LogP contribution in [-0.4, -0.2) is 71.8 Å². The Morgan fingerprint density at radius 1 is 1.03 bits per heavy atom. The first-order chi connectivity index (χ1) is 16.5. The number of carbonyl (C=O) groups is 2. The highest BCUT2D eigenvalue weighted by Crippen LogP contribution is 2.20. The fourth-order valence-corrected chi connectivity index (χ4v) is 4.68. The zero-order valence-corrected chi connectivity index (χ0v) is 19.8. The highest BCUT2D eigenvalue weighted by atomic mass is 16.5. The van der Waals surface area contributed by atoms with Crippen LogP contribution in [0.25, 0.3) is 0 Å². The maximum absolute atomic E-state index is 13.1. The highest BCUT2D eigenvalue weighted by Gasteiger charge is 2.27. The van der Waals surface area contributed by atoms with E-state index in [2.05, 4.69) is 17.9 Å². The summed E-state index contributed by atoms with van der Waals surface area (Å²) >= 11 is 0. The molecule has 4 rings (SSSR count). The molecule has 0 bridgehead atoms. The van der Waals surface area contributed by atoms with E-state index in [9.17, 15) is 14.9 Å². The molecule has 7 nitrogen and oxygen atoms in total. The predicted molar refractivity (Wildman–Crippen MR) is 129 cm³/mol. The van der Waals surface area contributed by atoms with Crippen LogP contribution in [0.2, 0.25) is 0 Å². The van der Waals surface area contributed by atoms with Crippen molar-refractivity contribution < 1.29 is 14.3 Å². The number of nitriles is 1. The van der Waals surface area contributed by atoms with Crippen LogP contribution in [0, 0.1) is 11.3 Å². The van der Waals surface area contributed by atoms with Gasteiger partial charge in [0, 0.05) is 49.9 Å². The van der Waals surface area contributed by atoms with Crippen molar-refractivity contribution in [3.63, 3.8) is 0 Å². The van der Waals surface area contributed by atoms with Gasteiger partial charge < -0.3 is 14.5 Å². The van der Waals surface area contributed by atoms with Crippen LogP contribution in [0.1, 0.15) is 47.7 Å². The van der Waals surface area contributed by atoms with Gasteiger partial charge in [-0.1, -0.05) is 24.3 Å². The first kappa shape index (κ1) is 23.8. The number of carbonyl (C=O) groups excluding carboxylic acids is 2. The lowest BCUT2D eigenvalue weighted by Gasteiger charge is -2.38. The summed E-state index contributed by atoms with van der Waals surface area (Å²) in [6.07, 6.45) is 3.37. The highest BCUT2D eigenvalue weighted by molar-refractivity contribution is 5.94. The van der Waals surface area contributed by atoms with E-state index in [1.165, 1.54) is 6.42 Å². The number of piperidine rings is 1. The van der Waals surface area contributed by atoms with Crippen molar-refractivity contribution in [2.45, 2.75) is 38.8 Å². The minimum atomic E-state index is -0.0292. The van der Waals surface area contributed by atoms with Crippen LogP contribution in [0.5, 0.6) is 5.75 Å². The minimum Gasteiger partial charge on any atom is -0.489 e. The maximum atomic E-state index is 13.1. The standard InChI is InChI=1S/C27H32N4O3/c1-21-7-4-5-12-31(21)26(32)19-29-13-15-30(16-14-29)27(33)22-10-6-11-25(17-22)34-20-24-9-3-2-8-23(24)18-28/h2-3,6,8-11,17,21H,4-5,7,12-16,19-20H2,1H3. The summed E-state index contributed by atoms with van der Waals surface area (Å²) in [4.78, 5) is 31.8. The Kier molecular flexibility index (Phi) is 7.81. The van der Waals surface area contributed by atoms with E-state index in [0.29, 0.717) is 55.6 Å². The third-order valence-electron chi connectivity index (χ3n) is 6.75. The molecule has 0 saturated carbocycles. The second-order valence-electron chi connectivity index (χ2n) is 9.09. The van der Waals surface area contributed by atoms with Crippen LogP contribution in [0.4, 0.5) is 0 Å². The number of hydrogen-bond acceptors (Lipinski definition) is 5. The van der Waals surface area contributed by atoms with Gasteiger partial charge in [-0.2, -0.15) is 5.26 Å².